The molecule has 0 unspecified atom stereocenters. The molecular weight excluding hydrogens is 278 g/mol. The monoisotopic (exact) mass is 293 g/mol. The van der Waals surface area contributed by atoms with E-state index in [1.54, 1.807) is 6.92 Å². The molecule has 8 heteroatoms. The first kappa shape index (κ1) is 13.8. The number of halogens is 1. The van der Waals surface area contributed by atoms with E-state index in [4.69, 9.17) is 16.3 Å². The molecule has 0 bridgehead atoms. The number of aryl methyl sites for hydroxylation is 1. The minimum absolute atomic E-state index is 0.0388. The summed E-state index contributed by atoms with van der Waals surface area (Å²) in [6, 6.07) is 0. The van der Waals surface area contributed by atoms with Gasteiger partial charge in [-0.05, 0) is 13.3 Å². The zero-order chi connectivity index (χ0) is 13.2. The van der Waals surface area contributed by atoms with Crippen molar-refractivity contribution in [2.24, 2.45) is 0 Å². The van der Waals surface area contributed by atoms with Crippen molar-refractivity contribution < 1.29 is 13.2 Å². The molecule has 1 aromatic heterocycles. The van der Waals surface area contributed by atoms with E-state index in [1.807, 2.05) is 0 Å². The third-order valence-corrected chi connectivity index (χ3v) is 5.07. The second kappa shape index (κ2) is 5.56. The smallest absolute Gasteiger partial charge is 0.262 e. The summed E-state index contributed by atoms with van der Waals surface area (Å²) in [5, 5.41) is 6.60. The van der Waals surface area contributed by atoms with Crippen LogP contribution in [0, 0.1) is 6.92 Å². The molecule has 102 valence electrons. The lowest BCUT2D eigenvalue weighted by Crippen LogP contribution is -2.34. The number of hydrogen-bond donors (Lipinski definition) is 1. The molecule has 1 aromatic rings. The summed E-state index contributed by atoms with van der Waals surface area (Å²) in [5.74, 6) is 0.126. The maximum Gasteiger partial charge on any atom is 0.262 e. The van der Waals surface area contributed by atoms with Crippen LogP contribution in [0.25, 0.3) is 0 Å². The number of nitrogens with zero attached hydrogens (tertiary/aromatic N) is 2. The highest BCUT2D eigenvalue weighted by Gasteiger charge is 2.30. The van der Waals surface area contributed by atoms with Gasteiger partial charge in [-0.25, -0.2) is 8.42 Å². The van der Waals surface area contributed by atoms with Crippen LogP contribution < -0.4 is 0 Å². The predicted octanol–water partition coefficient (Wildman–Crippen LogP) is 0.868. The number of alkyl halides is 1. The number of sulfonamides is 1. The molecule has 0 saturated carbocycles. The van der Waals surface area contributed by atoms with Gasteiger partial charge < -0.3 is 4.74 Å². The molecule has 2 heterocycles. The maximum atomic E-state index is 12.5. The van der Waals surface area contributed by atoms with Gasteiger partial charge in [0, 0.05) is 31.0 Å². The Bertz CT molecular complexity index is 506. The van der Waals surface area contributed by atoms with Crippen molar-refractivity contribution in [3.63, 3.8) is 0 Å². The van der Waals surface area contributed by atoms with E-state index in [0.717, 1.165) is 0 Å². The molecule has 18 heavy (non-hydrogen) atoms. The van der Waals surface area contributed by atoms with Gasteiger partial charge in [-0.1, -0.05) is 0 Å². The molecular formula is C10H16ClN3O3S. The van der Waals surface area contributed by atoms with Gasteiger partial charge in [0.1, 0.15) is 0 Å². The molecule has 2 rings (SSSR count). The van der Waals surface area contributed by atoms with Gasteiger partial charge in [-0.15, -0.1) is 11.6 Å². The molecule has 1 fully saturated rings. The van der Waals surface area contributed by atoms with Gasteiger partial charge in [0.05, 0.1) is 12.5 Å². The van der Waals surface area contributed by atoms with Crippen LogP contribution in [0.2, 0.25) is 0 Å². The SMILES string of the molecule is Cc1[nH]nc(S(=O)(=O)N2CCCOCC2)c1CCl. The lowest BCUT2D eigenvalue weighted by molar-refractivity contribution is 0.148. The number of ether oxygens (including phenoxy) is 1. The van der Waals surface area contributed by atoms with Crippen molar-refractivity contribution in [1.29, 1.82) is 0 Å². The summed E-state index contributed by atoms with van der Waals surface area (Å²) in [5.41, 5.74) is 1.23. The fraction of sp³-hybridized carbons (Fsp3) is 0.700. The fourth-order valence-electron chi connectivity index (χ4n) is 1.89. The third kappa shape index (κ3) is 2.54. The Labute approximate surface area is 111 Å². The predicted molar refractivity (Wildman–Crippen MR) is 67.1 cm³/mol. The minimum Gasteiger partial charge on any atom is -0.380 e. The zero-order valence-electron chi connectivity index (χ0n) is 10.1. The average Bonchev–Trinajstić information content (AvgIpc) is 2.56. The average molecular weight is 294 g/mol. The number of hydrogen-bond acceptors (Lipinski definition) is 4. The number of nitrogens with one attached hydrogen (secondary N) is 1. The van der Waals surface area contributed by atoms with Gasteiger partial charge in [-0.2, -0.15) is 9.40 Å². The lowest BCUT2D eigenvalue weighted by atomic mass is 10.3. The van der Waals surface area contributed by atoms with Gasteiger partial charge >= 0.3 is 0 Å². The number of aromatic amines is 1. The van der Waals surface area contributed by atoms with Crippen molar-refractivity contribution >= 4 is 21.6 Å². The fourth-order valence-corrected chi connectivity index (χ4v) is 3.92. The normalized spacial score (nSPS) is 18.8. The number of H-pyrrole nitrogens is 1. The maximum absolute atomic E-state index is 12.5. The van der Waals surface area contributed by atoms with Crippen molar-refractivity contribution in [2.75, 3.05) is 26.3 Å². The summed E-state index contributed by atoms with van der Waals surface area (Å²) in [6.45, 7) is 3.58. The van der Waals surface area contributed by atoms with Crippen LogP contribution in [0.4, 0.5) is 0 Å². The Balaban J connectivity index is 2.34. The molecule has 0 aromatic carbocycles. The first-order valence-electron chi connectivity index (χ1n) is 5.75. The van der Waals surface area contributed by atoms with Gasteiger partial charge in [0.25, 0.3) is 10.0 Å². The quantitative estimate of drug-likeness (QED) is 0.839. The van der Waals surface area contributed by atoms with E-state index < -0.39 is 10.0 Å². The topological polar surface area (TPSA) is 75.3 Å². The highest BCUT2D eigenvalue weighted by Crippen LogP contribution is 2.22. The van der Waals surface area contributed by atoms with Crippen LogP contribution in [0.5, 0.6) is 0 Å². The molecule has 1 saturated heterocycles. The molecule has 0 aliphatic carbocycles. The van der Waals surface area contributed by atoms with E-state index in [1.165, 1.54) is 4.31 Å². The lowest BCUT2D eigenvalue weighted by Gasteiger charge is -2.18. The van der Waals surface area contributed by atoms with Crippen LogP contribution in [0.3, 0.4) is 0 Å². The van der Waals surface area contributed by atoms with Crippen LogP contribution in [0.1, 0.15) is 17.7 Å². The summed E-state index contributed by atoms with van der Waals surface area (Å²) in [4.78, 5) is 0. The van der Waals surface area contributed by atoms with Gasteiger partial charge in [0.15, 0.2) is 5.03 Å². The van der Waals surface area contributed by atoms with E-state index in [-0.39, 0.29) is 10.9 Å². The standard InChI is InChI=1S/C10H16ClN3O3S/c1-8-9(7-11)10(13-12-8)18(15,16)14-3-2-5-17-6-4-14/h2-7H2,1H3,(H,12,13). The molecule has 0 radical (unpaired) electrons. The van der Waals surface area contributed by atoms with Crippen LogP contribution in [-0.2, 0) is 20.6 Å². The molecule has 0 atom stereocenters. The van der Waals surface area contributed by atoms with Crippen molar-refractivity contribution in [3.05, 3.63) is 11.3 Å². The highest BCUT2D eigenvalue weighted by atomic mass is 35.5. The van der Waals surface area contributed by atoms with Crippen LogP contribution in [-0.4, -0.2) is 49.2 Å². The summed E-state index contributed by atoms with van der Waals surface area (Å²) < 4.78 is 31.6. The molecule has 1 aliphatic rings. The third-order valence-electron chi connectivity index (χ3n) is 2.94. The second-order valence-corrected chi connectivity index (χ2v) is 6.26. The molecule has 0 amide bonds. The van der Waals surface area contributed by atoms with E-state index in [9.17, 15) is 8.42 Å². The van der Waals surface area contributed by atoms with E-state index in [0.29, 0.717) is 44.0 Å². The largest absolute Gasteiger partial charge is 0.380 e. The molecule has 1 aliphatic heterocycles. The Morgan fingerprint density at radius 3 is 2.94 bits per heavy atom. The van der Waals surface area contributed by atoms with E-state index >= 15 is 0 Å². The van der Waals surface area contributed by atoms with Crippen LogP contribution in [0.15, 0.2) is 5.03 Å². The van der Waals surface area contributed by atoms with Gasteiger partial charge in [-0.3, -0.25) is 5.10 Å². The zero-order valence-corrected chi connectivity index (χ0v) is 11.7. The van der Waals surface area contributed by atoms with E-state index in [2.05, 4.69) is 10.2 Å². The van der Waals surface area contributed by atoms with Crippen LogP contribution >= 0.6 is 11.6 Å². The second-order valence-electron chi connectivity index (χ2n) is 4.14. The first-order valence-corrected chi connectivity index (χ1v) is 7.72. The molecule has 1 N–H and O–H groups in total. The number of rotatable bonds is 3. The van der Waals surface area contributed by atoms with Crippen molar-refractivity contribution in [1.82, 2.24) is 14.5 Å². The minimum atomic E-state index is -3.58. The molecule has 0 spiro atoms. The Morgan fingerprint density at radius 1 is 1.44 bits per heavy atom. The summed E-state index contributed by atoms with van der Waals surface area (Å²) in [7, 11) is -3.58. The highest BCUT2D eigenvalue weighted by molar-refractivity contribution is 7.89. The number of aromatic nitrogens is 2. The Morgan fingerprint density at radius 2 is 2.22 bits per heavy atom. The Kier molecular flexibility index (Phi) is 4.26. The van der Waals surface area contributed by atoms with Gasteiger partial charge in [0.2, 0.25) is 0 Å². The van der Waals surface area contributed by atoms with Crippen molar-refractivity contribution in [2.45, 2.75) is 24.3 Å². The first-order chi connectivity index (χ1) is 8.57. The molecule has 6 nitrogen and oxygen atoms in total. The van der Waals surface area contributed by atoms with Crippen molar-refractivity contribution in [3.8, 4) is 0 Å². The summed E-state index contributed by atoms with van der Waals surface area (Å²) in [6.07, 6.45) is 0.693. The Hall–Kier alpha value is -0.630. The summed E-state index contributed by atoms with van der Waals surface area (Å²) >= 11 is 5.79.